The van der Waals surface area contributed by atoms with Gasteiger partial charge in [-0.25, -0.2) is 27.6 Å². The minimum Gasteiger partial charge on any atom is -0.490 e. The lowest BCUT2D eigenvalue weighted by atomic mass is 9.83. The number of piperazine rings is 2. The summed E-state index contributed by atoms with van der Waals surface area (Å²) in [6.07, 6.45) is 24.1. The second-order valence-electron chi connectivity index (χ2n) is 33.0. The SMILES string of the molecule is CC(C)(C)OC(=O)N1CCCC(=O)C1.CC(C)(C)OC(=O)N1CCN(Cc2cc(F)cc(OC3CCCCC3)c2)C(=O)C1.CC(C)(C)OC(=O)N1CCN(Cc2cc(F)cc(OC3CCN(C(=O)c4ccc(OC5CCCC5)c(C5CCCCC5)c4)CC3)c2)CC1.OCc1cc(F)cc(OC2CCCCC2)c1. The van der Waals surface area contributed by atoms with E-state index in [4.69, 9.17) is 38.3 Å². The number of benzene rings is 4. The molecule has 20 nitrogen and oxygen atoms in total. The number of amides is 5. The molecule has 4 aromatic rings. The molecular weight excluding hydrogens is 1370 g/mol. The molecule has 5 amide bonds. The van der Waals surface area contributed by atoms with Crippen molar-refractivity contribution in [2.24, 2.45) is 0 Å². The molecule has 4 saturated heterocycles. The van der Waals surface area contributed by atoms with Gasteiger partial charge in [-0.05, 0) is 241 Å². The maximum Gasteiger partial charge on any atom is 0.410 e. The molecule has 4 aliphatic heterocycles. The molecule has 4 saturated carbocycles. The van der Waals surface area contributed by atoms with Crippen LogP contribution in [0.4, 0.5) is 27.6 Å². The number of piperidine rings is 2. The molecule has 0 atom stereocenters. The molecule has 0 unspecified atom stereocenters. The fourth-order valence-electron chi connectivity index (χ4n) is 14.9. The summed E-state index contributed by atoms with van der Waals surface area (Å²) in [5.74, 6) is 1.98. The van der Waals surface area contributed by atoms with E-state index in [1.54, 1.807) is 42.7 Å². The number of halogens is 3. The van der Waals surface area contributed by atoms with Crippen LogP contribution in [0.15, 0.2) is 72.8 Å². The summed E-state index contributed by atoms with van der Waals surface area (Å²) in [7, 11) is 0. The second-order valence-corrected chi connectivity index (χ2v) is 33.0. The first kappa shape index (κ1) is 83.3. The van der Waals surface area contributed by atoms with E-state index in [-0.39, 0.29) is 85.2 Å². The minimum atomic E-state index is -0.604. The number of hydrogen-bond donors (Lipinski definition) is 1. The predicted molar refractivity (Wildman–Crippen MR) is 403 cm³/mol. The number of hydrogen-bond acceptors (Lipinski definition) is 15. The Morgan fingerprint density at radius 3 is 1.32 bits per heavy atom. The van der Waals surface area contributed by atoms with Crippen molar-refractivity contribution in [1.82, 2.24) is 29.4 Å². The Morgan fingerprint density at radius 2 is 0.841 bits per heavy atom. The fourth-order valence-corrected chi connectivity index (χ4v) is 14.9. The average Bonchev–Trinajstić information content (AvgIpc) is 1.61. The highest BCUT2D eigenvalue weighted by Gasteiger charge is 2.34. The molecule has 0 spiro atoms. The van der Waals surface area contributed by atoms with Crippen molar-refractivity contribution in [1.29, 1.82) is 0 Å². The number of aliphatic hydroxyl groups excluding tert-OH is 1. The first-order valence-electron chi connectivity index (χ1n) is 39.5. The van der Waals surface area contributed by atoms with E-state index in [0.717, 1.165) is 87.5 Å². The quantitative estimate of drug-likeness (QED) is 0.110. The van der Waals surface area contributed by atoms with E-state index in [0.29, 0.717) is 132 Å². The number of ether oxygens (including phenoxy) is 7. The molecule has 4 aliphatic carbocycles. The summed E-state index contributed by atoms with van der Waals surface area (Å²) in [5.41, 5.74) is 2.45. The molecule has 23 heteroatoms. The Morgan fingerprint density at radius 1 is 0.421 bits per heavy atom. The second kappa shape index (κ2) is 39.5. The molecule has 4 heterocycles. The number of likely N-dealkylation sites (tertiary alicyclic amines) is 2. The first-order chi connectivity index (χ1) is 50.9. The van der Waals surface area contributed by atoms with Crippen molar-refractivity contribution in [3.05, 3.63) is 118 Å². The lowest BCUT2D eigenvalue weighted by Crippen LogP contribution is -2.52. The van der Waals surface area contributed by atoms with Crippen LogP contribution in [0.2, 0.25) is 0 Å². The molecule has 590 valence electrons. The maximum atomic E-state index is 14.7. The van der Waals surface area contributed by atoms with Gasteiger partial charge in [-0.3, -0.25) is 24.2 Å². The van der Waals surface area contributed by atoms with Crippen molar-refractivity contribution in [2.45, 2.75) is 277 Å². The van der Waals surface area contributed by atoms with Crippen LogP contribution in [0.25, 0.3) is 0 Å². The van der Waals surface area contributed by atoms with Crippen LogP contribution in [0.3, 0.4) is 0 Å². The van der Waals surface area contributed by atoms with Crippen LogP contribution in [0, 0.1) is 17.5 Å². The lowest BCUT2D eigenvalue weighted by Gasteiger charge is -2.35. The van der Waals surface area contributed by atoms with Gasteiger partial charge in [0.1, 0.15) is 69.9 Å². The highest BCUT2D eigenvalue weighted by molar-refractivity contribution is 5.95. The fraction of sp³-hybridized carbons (Fsp3) is 0.643. The Kier molecular flexibility index (Phi) is 30.8. The van der Waals surface area contributed by atoms with Gasteiger partial charge in [-0.2, -0.15) is 0 Å². The molecule has 8 aliphatic rings. The standard InChI is InChI=1S/C39H54FN3O5.C22H31FN2O4.C13H17FO2.C10H17NO3/c1-39(2,3)48-38(45)43-21-19-41(20-22-43)27-28-23-31(40)26-34(24-28)46-33-15-17-42(18-16-33)37(44)30-13-14-36(47-32-11-7-8-12-32)35(25-30)29-9-5-4-6-10-29;1-22(2,3)29-21(27)25-10-9-24(20(26)15-25)14-16-11-17(23)13-19(12-16)28-18-7-5-4-6-8-18;14-11-6-10(9-15)7-13(8-11)16-12-4-2-1-3-5-12;1-10(2,3)14-9(13)11-6-4-5-8(12)7-11/h13-14,23-26,29,32-33H,4-12,15-22,27H2,1-3H3;11-13,18H,4-10,14-15H2,1-3H3;6-8,12,15H,1-5,9H2;4-7H2,1-3H3. The van der Waals surface area contributed by atoms with E-state index in [2.05, 4.69) is 11.0 Å². The van der Waals surface area contributed by atoms with Gasteiger partial charge in [-0.1, -0.05) is 32.1 Å². The number of Topliss-reactive ketones (excluding diaryl/α,β-unsaturated/α-hetero) is 1. The van der Waals surface area contributed by atoms with Crippen molar-refractivity contribution >= 4 is 35.9 Å². The zero-order valence-corrected chi connectivity index (χ0v) is 65.0. The predicted octanol–water partition coefficient (Wildman–Crippen LogP) is 16.7. The third-order valence-corrected chi connectivity index (χ3v) is 20.3. The van der Waals surface area contributed by atoms with Gasteiger partial charge >= 0.3 is 18.3 Å². The number of carbonyl (C=O) groups is 6. The molecule has 8 fully saturated rings. The molecule has 107 heavy (non-hydrogen) atoms. The Balaban J connectivity index is 0.000000188. The Bertz CT molecular complexity index is 3560. The highest BCUT2D eigenvalue weighted by atomic mass is 19.1. The zero-order valence-electron chi connectivity index (χ0n) is 65.0. The smallest absolute Gasteiger partial charge is 0.410 e. The number of nitrogens with zero attached hydrogens (tertiary/aromatic N) is 6. The Hall–Kier alpha value is -7.79. The zero-order chi connectivity index (χ0) is 76.8. The summed E-state index contributed by atoms with van der Waals surface area (Å²) < 4.78 is 82.5. The molecule has 12 rings (SSSR count). The van der Waals surface area contributed by atoms with E-state index in [9.17, 15) is 41.9 Å². The monoisotopic (exact) mass is 1490 g/mol. The van der Waals surface area contributed by atoms with Gasteiger partial charge in [0.05, 0.1) is 31.5 Å². The topological polar surface area (TPSA) is 207 Å². The molecule has 0 bridgehead atoms. The van der Waals surface area contributed by atoms with Crippen LogP contribution in [0.5, 0.6) is 23.0 Å². The largest absolute Gasteiger partial charge is 0.490 e. The number of ketones is 1. The van der Waals surface area contributed by atoms with Crippen LogP contribution in [-0.2, 0) is 43.5 Å². The molecule has 4 aromatic carbocycles. The van der Waals surface area contributed by atoms with Crippen molar-refractivity contribution < 1.29 is 80.2 Å². The molecule has 1 N–H and O–H groups in total. The summed E-state index contributed by atoms with van der Waals surface area (Å²) in [4.78, 5) is 83.8. The van der Waals surface area contributed by atoms with Gasteiger partial charge in [0, 0.05) is 115 Å². The number of carbonyl (C=O) groups excluding carboxylic acids is 6. The normalized spacial score (nSPS) is 19.3. The van der Waals surface area contributed by atoms with Gasteiger partial charge in [-0.15, -0.1) is 0 Å². The first-order valence-corrected chi connectivity index (χ1v) is 39.5. The van der Waals surface area contributed by atoms with Crippen LogP contribution >= 0.6 is 0 Å². The summed E-state index contributed by atoms with van der Waals surface area (Å²) >= 11 is 0. The molecular formula is C84H119F3N6O14. The lowest BCUT2D eigenvalue weighted by molar-refractivity contribution is -0.136. The molecule has 0 radical (unpaired) electrons. The van der Waals surface area contributed by atoms with E-state index in [1.807, 2.05) is 70.7 Å². The van der Waals surface area contributed by atoms with Crippen molar-refractivity contribution in [3.8, 4) is 23.0 Å². The van der Waals surface area contributed by atoms with Gasteiger partial charge in [0.2, 0.25) is 5.91 Å². The minimum absolute atomic E-state index is 0.0321. The van der Waals surface area contributed by atoms with Crippen molar-refractivity contribution in [3.63, 3.8) is 0 Å². The number of aliphatic hydroxyl groups is 1. The van der Waals surface area contributed by atoms with E-state index >= 15 is 0 Å². The third-order valence-electron chi connectivity index (χ3n) is 20.3. The van der Waals surface area contributed by atoms with Crippen LogP contribution in [0.1, 0.15) is 249 Å². The molecule has 0 aromatic heterocycles. The summed E-state index contributed by atoms with van der Waals surface area (Å²) in [6, 6.07) is 20.1. The van der Waals surface area contributed by atoms with Gasteiger partial charge in [0.25, 0.3) is 5.91 Å². The average molecular weight is 1490 g/mol. The maximum absolute atomic E-state index is 14.7. The van der Waals surface area contributed by atoms with Crippen molar-refractivity contribution in [2.75, 3.05) is 72.0 Å². The Labute approximate surface area is 632 Å². The van der Waals surface area contributed by atoms with Gasteiger partial charge < -0.3 is 57.9 Å². The van der Waals surface area contributed by atoms with Crippen LogP contribution in [-0.4, -0.2) is 184 Å². The number of rotatable bonds is 15. The van der Waals surface area contributed by atoms with Gasteiger partial charge in [0.15, 0.2) is 5.78 Å². The third kappa shape index (κ3) is 28.0. The van der Waals surface area contributed by atoms with E-state index in [1.165, 1.54) is 103 Å². The van der Waals surface area contributed by atoms with E-state index < -0.39 is 22.9 Å². The summed E-state index contributed by atoms with van der Waals surface area (Å²) in [6.45, 7) is 22.5. The van der Waals surface area contributed by atoms with Crippen LogP contribution < -0.4 is 18.9 Å². The highest BCUT2D eigenvalue weighted by Crippen LogP contribution is 2.40. The summed E-state index contributed by atoms with van der Waals surface area (Å²) in [5, 5.41) is 8.97.